The molecule has 1 aromatic heterocycles. The highest BCUT2D eigenvalue weighted by molar-refractivity contribution is 6.05. The van der Waals surface area contributed by atoms with Crippen LogP contribution in [0.5, 0.6) is 0 Å². The van der Waals surface area contributed by atoms with Gasteiger partial charge >= 0.3 is 0 Å². The van der Waals surface area contributed by atoms with Crippen LogP contribution in [0.4, 0.5) is 0 Å². The van der Waals surface area contributed by atoms with E-state index >= 15 is 0 Å². The van der Waals surface area contributed by atoms with Crippen molar-refractivity contribution in [3.05, 3.63) is 30.0 Å². The largest absolute Gasteiger partial charge is 0.333 e. The van der Waals surface area contributed by atoms with E-state index in [1.165, 1.54) is 44.9 Å². The van der Waals surface area contributed by atoms with Crippen LogP contribution >= 0.6 is 0 Å². The summed E-state index contributed by atoms with van der Waals surface area (Å²) in [5.41, 5.74) is 1.66. The van der Waals surface area contributed by atoms with Gasteiger partial charge in [0.15, 0.2) is 0 Å². The summed E-state index contributed by atoms with van der Waals surface area (Å²) in [6.45, 7) is 2.29. The molecule has 122 valence electrons. The zero-order valence-electron chi connectivity index (χ0n) is 13.8. The molecule has 2 aliphatic carbocycles. The molecule has 0 aliphatic heterocycles. The minimum atomic E-state index is 0.197. The van der Waals surface area contributed by atoms with Crippen LogP contribution in [0.25, 0.3) is 10.9 Å². The molecule has 2 aromatic rings. The first-order chi connectivity index (χ1) is 11.3. The standard InChI is InChI=1S/C19H25N3O/c1-2-13-6-8-15(9-7-13)22(16-10-11-16)19(23)17-5-3-4-14-12-20-21-18(14)17/h3-5,12-13,15-16H,2,6-11H2,1H3,(H,20,21). The van der Waals surface area contributed by atoms with Gasteiger partial charge in [0.1, 0.15) is 0 Å². The molecule has 2 fully saturated rings. The summed E-state index contributed by atoms with van der Waals surface area (Å²) in [7, 11) is 0. The average Bonchev–Trinajstić information content (AvgIpc) is 3.30. The molecule has 2 aliphatic rings. The second-order valence-corrected chi connectivity index (χ2v) is 7.17. The van der Waals surface area contributed by atoms with E-state index in [0.717, 1.165) is 22.4 Å². The zero-order valence-corrected chi connectivity index (χ0v) is 13.8. The SMILES string of the molecule is CCC1CCC(N(C(=O)c2cccc3cn[nH]c23)C2CC2)CC1. The van der Waals surface area contributed by atoms with Crippen molar-refractivity contribution < 1.29 is 4.79 Å². The molecular weight excluding hydrogens is 286 g/mol. The number of rotatable bonds is 4. The number of carbonyl (C=O) groups is 1. The molecule has 1 amide bonds. The summed E-state index contributed by atoms with van der Waals surface area (Å²) < 4.78 is 0. The Balaban J connectivity index is 1.60. The van der Waals surface area contributed by atoms with Crippen LogP contribution in [0.1, 0.15) is 62.2 Å². The third-order valence-corrected chi connectivity index (χ3v) is 5.67. The predicted molar refractivity (Wildman–Crippen MR) is 91.3 cm³/mol. The Kier molecular flexibility index (Phi) is 3.83. The van der Waals surface area contributed by atoms with Crippen LogP contribution in [0.15, 0.2) is 24.4 Å². The number of nitrogens with zero attached hydrogens (tertiary/aromatic N) is 2. The molecule has 4 heteroatoms. The first-order valence-electron chi connectivity index (χ1n) is 9.02. The Morgan fingerprint density at radius 1 is 1.17 bits per heavy atom. The molecule has 0 saturated heterocycles. The molecule has 23 heavy (non-hydrogen) atoms. The van der Waals surface area contributed by atoms with Crippen molar-refractivity contribution in [3.8, 4) is 0 Å². The molecule has 0 bridgehead atoms. The lowest BCUT2D eigenvalue weighted by Crippen LogP contribution is -2.44. The van der Waals surface area contributed by atoms with Crippen molar-refractivity contribution >= 4 is 16.8 Å². The number of benzene rings is 1. The summed E-state index contributed by atoms with van der Waals surface area (Å²) in [4.78, 5) is 15.5. The number of fused-ring (bicyclic) bond motifs is 1. The maximum atomic E-state index is 13.3. The lowest BCUT2D eigenvalue weighted by molar-refractivity contribution is 0.0589. The van der Waals surface area contributed by atoms with E-state index in [1.54, 1.807) is 6.20 Å². The second-order valence-electron chi connectivity index (χ2n) is 7.17. The normalized spacial score (nSPS) is 24.7. The maximum Gasteiger partial charge on any atom is 0.256 e. The average molecular weight is 311 g/mol. The molecule has 2 saturated carbocycles. The zero-order chi connectivity index (χ0) is 15.8. The van der Waals surface area contributed by atoms with Gasteiger partial charge in [-0.3, -0.25) is 9.89 Å². The third-order valence-electron chi connectivity index (χ3n) is 5.67. The molecule has 0 atom stereocenters. The number of para-hydroxylation sites is 1. The van der Waals surface area contributed by atoms with Gasteiger partial charge in [0.2, 0.25) is 0 Å². The molecule has 1 aromatic carbocycles. The maximum absolute atomic E-state index is 13.3. The fraction of sp³-hybridized carbons (Fsp3) is 0.579. The Hall–Kier alpha value is -1.84. The van der Waals surface area contributed by atoms with Gasteiger partial charge in [0.05, 0.1) is 17.3 Å². The van der Waals surface area contributed by atoms with Crippen LogP contribution in [0, 0.1) is 5.92 Å². The quantitative estimate of drug-likeness (QED) is 0.922. The molecule has 0 radical (unpaired) electrons. The summed E-state index contributed by atoms with van der Waals surface area (Å²) >= 11 is 0. The van der Waals surface area contributed by atoms with Crippen molar-refractivity contribution in [1.29, 1.82) is 0 Å². The number of H-pyrrole nitrogens is 1. The van der Waals surface area contributed by atoms with Crippen molar-refractivity contribution in [3.63, 3.8) is 0 Å². The molecule has 0 spiro atoms. The molecule has 4 rings (SSSR count). The first-order valence-corrected chi connectivity index (χ1v) is 9.02. The van der Waals surface area contributed by atoms with E-state index in [4.69, 9.17) is 0 Å². The second kappa shape index (κ2) is 5.99. The minimum Gasteiger partial charge on any atom is -0.333 e. The van der Waals surface area contributed by atoms with Gasteiger partial charge < -0.3 is 4.90 Å². The van der Waals surface area contributed by atoms with E-state index in [9.17, 15) is 4.79 Å². The Labute approximate surface area is 137 Å². The van der Waals surface area contributed by atoms with Gasteiger partial charge in [-0.05, 0) is 50.5 Å². The number of amides is 1. The summed E-state index contributed by atoms with van der Waals surface area (Å²) in [5, 5.41) is 8.12. The monoisotopic (exact) mass is 311 g/mol. The van der Waals surface area contributed by atoms with Gasteiger partial charge in [-0.25, -0.2) is 0 Å². The van der Waals surface area contributed by atoms with E-state index in [2.05, 4.69) is 22.0 Å². The summed E-state index contributed by atoms with van der Waals surface area (Å²) in [6.07, 6.45) is 10.3. The highest BCUT2D eigenvalue weighted by Crippen LogP contribution is 2.37. The lowest BCUT2D eigenvalue weighted by atomic mass is 9.83. The molecule has 4 nitrogen and oxygen atoms in total. The number of aromatic amines is 1. The van der Waals surface area contributed by atoms with Crippen molar-refractivity contribution in [2.75, 3.05) is 0 Å². The Morgan fingerprint density at radius 3 is 2.52 bits per heavy atom. The van der Waals surface area contributed by atoms with Crippen molar-refractivity contribution in [2.24, 2.45) is 5.92 Å². The van der Waals surface area contributed by atoms with E-state index in [0.29, 0.717) is 12.1 Å². The number of hydrogen-bond acceptors (Lipinski definition) is 2. The van der Waals surface area contributed by atoms with Crippen LogP contribution in [0.2, 0.25) is 0 Å². The number of carbonyl (C=O) groups excluding carboxylic acids is 1. The van der Waals surface area contributed by atoms with Crippen LogP contribution < -0.4 is 0 Å². The highest BCUT2D eigenvalue weighted by atomic mass is 16.2. The molecular formula is C19H25N3O. The van der Waals surface area contributed by atoms with Gasteiger partial charge in [-0.15, -0.1) is 0 Å². The number of aromatic nitrogens is 2. The highest BCUT2D eigenvalue weighted by Gasteiger charge is 2.39. The van der Waals surface area contributed by atoms with E-state index in [1.807, 2.05) is 18.2 Å². The van der Waals surface area contributed by atoms with E-state index < -0.39 is 0 Å². The van der Waals surface area contributed by atoms with Crippen molar-refractivity contribution in [1.82, 2.24) is 15.1 Å². The topological polar surface area (TPSA) is 49.0 Å². The Bertz CT molecular complexity index is 695. The van der Waals surface area contributed by atoms with Gasteiger partial charge in [0, 0.05) is 17.5 Å². The molecule has 0 unspecified atom stereocenters. The van der Waals surface area contributed by atoms with Gasteiger partial charge in [-0.2, -0.15) is 5.10 Å². The first kappa shape index (κ1) is 14.7. The predicted octanol–water partition coefficient (Wildman–Crippen LogP) is 4.14. The summed E-state index contributed by atoms with van der Waals surface area (Å²) in [6, 6.07) is 6.80. The lowest BCUT2D eigenvalue weighted by Gasteiger charge is -2.37. The fourth-order valence-electron chi connectivity index (χ4n) is 4.10. The third kappa shape index (κ3) is 2.75. The smallest absolute Gasteiger partial charge is 0.256 e. The molecule has 1 N–H and O–H groups in total. The van der Waals surface area contributed by atoms with Crippen molar-refractivity contribution in [2.45, 2.75) is 64.0 Å². The van der Waals surface area contributed by atoms with Crippen LogP contribution in [-0.4, -0.2) is 33.1 Å². The molecule has 1 heterocycles. The van der Waals surface area contributed by atoms with Crippen LogP contribution in [-0.2, 0) is 0 Å². The van der Waals surface area contributed by atoms with Crippen LogP contribution in [0.3, 0.4) is 0 Å². The summed E-state index contributed by atoms with van der Waals surface area (Å²) in [5.74, 6) is 1.06. The van der Waals surface area contributed by atoms with Gasteiger partial charge in [0.25, 0.3) is 5.91 Å². The Morgan fingerprint density at radius 2 is 1.87 bits per heavy atom. The number of hydrogen-bond donors (Lipinski definition) is 1. The number of nitrogens with one attached hydrogen (secondary N) is 1. The fourth-order valence-corrected chi connectivity index (χ4v) is 4.10. The van der Waals surface area contributed by atoms with Gasteiger partial charge in [-0.1, -0.05) is 25.5 Å². The minimum absolute atomic E-state index is 0.197. The van der Waals surface area contributed by atoms with E-state index in [-0.39, 0.29) is 5.91 Å².